The van der Waals surface area contributed by atoms with E-state index in [9.17, 15) is 31.5 Å². The van der Waals surface area contributed by atoms with Crippen LogP contribution in [0.3, 0.4) is 0 Å². The number of halogens is 3. The van der Waals surface area contributed by atoms with Crippen LogP contribution in [-0.4, -0.2) is 61.1 Å². The van der Waals surface area contributed by atoms with Crippen LogP contribution >= 0.6 is 0 Å². The van der Waals surface area contributed by atoms with Crippen LogP contribution in [0.25, 0.3) is 0 Å². The molecule has 38 heavy (non-hydrogen) atoms. The van der Waals surface area contributed by atoms with Crippen LogP contribution in [0.1, 0.15) is 40.2 Å². The number of amides is 1. The van der Waals surface area contributed by atoms with E-state index in [2.05, 4.69) is 10.1 Å². The standard InChI is InChI=1S/C26H35F3N2O6S/c1-18(2)16-31(38(34,35)23-14-10-9-13-22(23)36-26(27,28)29)17-21(32)20(15-19-11-7-6-8-12-19)30-24(33)37-25(3,4)5/h6-14,18,20-21,32H,15-17H2,1-5H3,(H,30,33)/t20-,21+/m0/s1. The number of nitrogens with zero attached hydrogens (tertiary/aromatic N) is 1. The molecule has 0 aliphatic rings. The number of carbonyl (C=O) groups excluding carboxylic acids is 1. The van der Waals surface area contributed by atoms with Crippen molar-refractivity contribution in [3.8, 4) is 5.75 Å². The lowest BCUT2D eigenvalue weighted by Crippen LogP contribution is -2.52. The van der Waals surface area contributed by atoms with Crippen molar-refractivity contribution in [1.29, 1.82) is 0 Å². The molecule has 8 nitrogen and oxygen atoms in total. The summed E-state index contributed by atoms with van der Waals surface area (Å²) in [6.45, 7) is 7.87. The third-order valence-electron chi connectivity index (χ3n) is 5.12. The highest BCUT2D eigenvalue weighted by Crippen LogP contribution is 2.32. The number of sulfonamides is 1. The molecule has 212 valence electrons. The van der Waals surface area contributed by atoms with Crippen LogP contribution in [0.15, 0.2) is 59.5 Å². The van der Waals surface area contributed by atoms with Gasteiger partial charge in [-0.15, -0.1) is 13.2 Å². The van der Waals surface area contributed by atoms with E-state index in [1.165, 1.54) is 12.1 Å². The van der Waals surface area contributed by atoms with E-state index in [-0.39, 0.29) is 18.9 Å². The molecule has 0 bridgehead atoms. The lowest BCUT2D eigenvalue weighted by atomic mass is 10.0. The number of ether oxygens (including phenoxy) is 2. The van der Waals surface area contributed by atoms with Crippen molar-refractivity contribution in [2.24, 2.45) is 5.92 Å². The smallest absolute Gasteiger partial charge is 0.444 e. The summed E-state index contributed by atoms with van der Waals surface area (Å²) in [6.07, 6.45) is -7.21. The van der Waals surface area contributed by atoms with Crippen molar-refractivity contribution in [3.05, 3.63) is 60.2 Å². The summed E-state index contributed by atoms with van der Waals surface area (Å²) < 4.78 is 76.2. The first kappa shape index (κ1) is 31.4. The number of hydrogen-bond acceptors (Lipinski definition) is 6. The van der Waals surface area contributed by atoms with E-state index >= 15 is 0 Å². The highest BCUT2D eigenvalue weighted by atomic mass is 32.2. The molecule has 12 heteroatoms. The lowest BCUT2D eigenvalue weighted by molar-refractivity contribution is -0.275. The van der Waals surface area contributed by atoms with Crippen LogP contribution in [0.2, 0.25) is 0 Å². The minimum Gasteiger partial charge on any atom is -0.444 e. The van der Waals surface area contributed by atoms with Crippen molar-refractivity contribution in [2.45, 2.75) is 70.0 Å². The van der Waals surface area contributed by atoms with Gasteiger partial charge in [-0.3, -0.25) is 0 Å². The van der Waals surface area contributed by atoms with Gasteiger partial charge < -0.3 is 19.9 Å². The number of benzene rings is 2. The van der Waals surface area contributed by atoms with Crippen LogP contribution in [0.5, 0.6) is 5.75 Å². The Morgan fingerprint density at radius 2 is 1.58 bits per heavy atom. The Kier molecular flexibility index (Phi) is 10.6. The molecule has 2 rings (SSSR count). The SMILES string of the molecule is CC(C)CN(C[C@@H](O)[C@H](Cc1ccccc1)NC(=O)OC(C)(C)C)S(=O)(=O)c1ccccc1OC(F)(F)F. The first-order valence-corrected chi connectivity index (χ1v) is 13.5. The predicted octanol–water partition coefficient (Wildman–Crippen LogP) is 4.73. The Labute approximate surface area is 221 Å². The predicted molar refractivity (Wildman–Crippen MR) is 136 cm³/mol. The second-order valence-electron chi connectivity index (χ2n) is 10.2. The average molecular weight is 561 g/mol. The lowest BCUT2D eigenvalue weighted by Gasteiger charge is -2.31. The summed E-state index contributed by atoms with van der Waals surface area (Å²) in [5, 5.41) is 13.8. The van der Waals surface area contributed by atoms with E-state index in [1.54, 1.807) is 65.0 Å². The molecule has 0 aromatic heterocycles. The van der Waals surface area contributed by atoms with Gasteiger partial charge in [0.1, 0.15) is 16.2 Å². The molecule has 2 atom stereocenters. The van der Waals surface area contributed by atoms with Crippen molar-refractivity contribution < 1.29 is 41.0 Å². The molecule has 0 heterocycles. The molecule has 0 radical (unpaired) electrons. The number of alkyl halides is 3. The summed E-state index contributed by atoms with van der Waals surface area (Å²) in [5.74, 6) is -1.12. The van der Waals surface area contributed by atoms with Gasteiger partial charge in [0.25, 0.3) is 0 Å². The van der Waals surface area contributed by atoms with Crippen LogP contribution in [-0.2, 0) is 21.2 Å². The summed E-state index contributed by atoms with van der Waals surface area (Å²) in [7, 11) is -4.55. The first-order valence-electron chi connectivity index (χ1n) is 12.0. The number of hydrogen-bond donors (Lipinski definition) is 2. The zero-order chi connectivity index (χ0) is 28.7. The Hall–Kier alpha value is -2.83. The number of alkyl carbamates (subject to hydrolysis) is 1. The highest BCUT2D eigenvalue weighted by molar-refractivity contribution is 7.89. The molecular weight excluding hydrogens is 525 g/mol. The fourth-order valence-electron chi connectivity index (χ4n) is 3.64. The fourth-order valence-corrected chi connectivity index (χ4v) is 5.37. The molecule has 0 unspecified atom stereocenters. The molecule has 2 aromatic carbocycles. The summed E-state index contributed by atoms with van der Waals surface area (Å²) in [4.78, 5) is 11.8. The Balaban J connectivity index is 2.40. The fraction of sp³-hybridized carbons (Fsp3) is 0.500. The molecule has 0 fully saturated rings. The van der Waals surface area contributed by atoms with Crippen molar-refractivity contribution in [2.75, 3.05) is 13.1 Å². The van der Waals surface area contributed by atoms with E-state index in [1.807, 2.05) is 0 Å². The van der Waals surface area contributed by atoms with Gasteiger partial charge in [-0.1, -0.05) is 56.3 Å². The van der Waals surface area contributed by atoms with E-state index in [4.69, 9.17) is 4.74 Å². The zero-order valence-electron chi connectivity index (χ0n) is 22.0. The van der Waals surface area contributed by atoms with E-state index in [0.717, 1.165) is 22.0 Å². The number of rotatable bonds is 11. The second kappa shape index (κ2) is 12.8. The number of aliphatic hydroxyl groups is 1. The molecule has 2 N–H and O–H groups in total. The average Bonchev–Trinajstić information content (AvgIpc) is 2.76. The van der Waals surface area contributed by atoms with Gasteiger partial charge in [-0.25, -0.2) is 13.2 Å². The van der Waals surface area contributed by atoms with Crippen LogP contribution in [0, 0.1) is 5.92 Å². The zero-order valence-corrected chi connectivity index (χ0v) is 22.8. The summed E-state index contributed by atoms with van der Waals surface area (Å²) in [5.41, 5.74) is -0.0588. The number of nitrogens with one attached hydrogen (secondary N) is 1. The molecular formula is C26H35F3N2O6S. The topological polar surface area (TPSA) is 105 Å². The highest BCUT2D eigenvalue weighted by Gasteiger charge is 2.37. The maximum absolute atomic E-state index is 13.6. The van der Waals surface area contributed by atoms with Crippen LogP contribution < -0.4 is 10.1 Å². The van der Waals surface area contributed by atoms with Gasteiger partial charge in [0, 0.05) is 13.1 Å². The van der Waals surface area contributed by atoms with Crippen molar-refractivity contribution in [3.63, 3.8) is 0 Å². The molecule has 0 aliphatic carbocycles. The number of para-hydroxylation sites is 1. The van der Waals surface area contributed by atoms with Crippen molar-refractivity contribution in [1.82, 2.24) is 9.62 Å². The Morgan fingerprint density at radius 3 is 2.13 bits per heavy atom. The second-order valence-corrected chi connectivity index (χ2v) is 12.1. The van der Waals surface area contributed by atoms with Gasteiger partial charge >= 0.3 is 12.5 Å². The Morgan fingerprint density at radius 1 is 1.00 bits per heavy atom. The maximum atomic E-state index is 13.6. The van der Waals surface area contributed by atoms with Crippen LogP contribution in [0.4, 0.5) is 18.0 Å². The Bertz CT molecular complexity index is 1150. The van der Waals surface area contributed by atoms with Gasteiger partial charge in [-0.05, 0) is 50.8 Å². The minimum atomic E-state index is -5.11. The van der Waals surface area contributed by atoms with Gasteiger partial charge in [-0.2, -0.15) is 4.31 Å². The van der Waals surface area contributed by atoms with E-state index < -0.39 is 57.4 Å². The van der Waals surface area contributed by atoms with Gasteiger partial charge in [0.2, 0.25) is 10.0 Å². The number of aliphatic hydroxyl groups excluding tert-OH is 1. The van der Waals surface area contributed by atoms with Gasteiger partial charge in [0.05, 0.1) is 12.1 Å². The maximum Gasteiger partial charge on any atom is 0.573 e. The first-order chi connectivity index (χ1) is 17.5. The normalized spacial score (nSPS) is 14.3. The minimum absolute atomic E-state index is 0.107. The quantitative estimate of drug-likeness (QED) is 0.412. The molecule has 0 saturated heterocycles. The monoisotopic (exact) mass is 560 g/mol. The largest absolute Gasteiger partial charge is 0.573 e. The summed E-state index contributed by atoms with van der Waals surface area (Å²) >= 11 is 0. The molecule has 1 amide bonds. The molecule has 0 aliphatic heterocycles. The third kappa shape index (κ3) is 10.1. The van der Waals surface area contributed by atoms with Gasteiger partial charge in [0.15, 0.2) is 0 Å². The van der Waals surface area contributed by atoms with Crippen molar-refractivity contribution >= 4 is 16.1 Å². The third-order valence-corrected chi connectivity index (χ3v) is 6.99. The summed E-state index contributed by atoms with van der Waals surface area (Å²) in [6, 6.07) is 12.4. The van der Waals surface area contributed by atoms with E-state index in [0.29, 0.717) is 0 Å². The molecule has 0 spiro atoms. The number of carbonyl (C=O) groups is 1. The molecule has 2 aromatic rings. The molecule has 0 saturated carbocycles.